The molecule has 0 saturated carbocycles. The van der Waals surface area contributed by atoms with E-state index < -0.39 is 15.9 Å². The molecule has 0 fully saturated rings. The van der Waals surface area contributed by atoms with Gasteiger partial charge >= 0.3 is 0 Å². The monoisotopic (exact) mass is 388 g/mol. The predicted molar refractivity (Wildman–Crippen MR) is 105 cm³/mol. The standard InChI is InChI=1S/C20H24N2O4S/c1-4-14(2)18(22-19(23)15-9-6-5-7-10-15)20(24)21-16-11-8-12-17(13-16)27(3,25)26/h5-14,18H,4H2,1-3H3,(H,21,24)(H,22,23). The number of carbonyl (C=O) groups excluding carboxylic acids is 2. The summed E-state index contributed by atoms with van der Waals surface area (Å²) in [5.74, 6) is -0.823. The van der Waals surface area contributed by atoms with Crippen LogP contribution in [0.3, 0.4) is 0 Å². The van der Waals surface area contributed by atoms with Crippen LogP contribution in [0.5, 0.6) is 0 Å². The fourth-order valence-corrected chi connectivity index (χ4v) is 3.21. The Morgan fingerprint density at radius 2 is 1.70 bits per heavy atom. The van der Waals surface area contributed by atoms with Crippen molar-refractivity contribution >= 4 is 27.3 Å². The van der Waals surface area contributed by atoms with Crippen molar-refractivity contribution in [2.45, 2.75) is 31.2 Å². The van der Waals surface area contributed by atoms with E-state index in [-0.39, 0.29) is 22.6 Å². The van der Waals surface area contributed by atoms with Crippen LogP contribution < -0.4 is 10.6 Å². The molecule has 2 N–H and O–H groups in total. The second-order valence-corrected chi connectivity index (χ2v) is 8.51. The van der Waals surface area contributed by atoms with Gasteiger partial charge in [0.2, 0.25) is 5.91 Å². The summed E-state index contributed by atoms with van der Waals surface area (Å²) in [6, 6.07) is 14.0. The predicted octanol–water partition coefficient (Wildman–Crippen LogP) is 2.87. The van der Waals surface area contributed by atoms with Crippen LogP contribution in [-0.2, 0) is 14.6 Å². The molecule has 6 nitrogen and oxygen atoms in total. The van der Waals surface area contributed by atoms with Crippen molar-refractivity contribution in [3.8, 4) is 0 Å². The zero-order valence-electron chi connectivity index (χ0n) is 15.6. The Hall–Kier alpha value is -2.67. The Labute approximate surface area is 159 Å². The molecule has 2 unspecified atom stereocenters. The van der Waals surface area contributed by atoms with Gasteiger partial charge in [0.25, 0.3) is 5.91 Å². The van der Waals surface area contributed by atoms with E-state index in [1.54, 1.807) is 36.4 Å². The summed E-state index contributed by atoms with van der Waals surface area (Å²) < 4.78 is 23.4. The Balaban J connectivity index is 2.19. The van der Waals surface area contributed by atoms with Crippen LogP contribution in [0.15, 0.2) is 59.5 Å². The van der Waals surface area contributed by atoms with Crippen LogP contribution in [-0.4, -0.2) is 32.5 Å². The molecule has 0 saturated heterocycles. The SMILES string of the molecule is CCC(C)C(NC(=O)c1ccccc1)C(=O)Nc1cccc(S(C)(=O)=O)c1. The Bertz CT molecular complexity index is 911. The minimum absolute atomic E-state index is 0.101. The van der Waals surface area contributed by atoms with Gasteiger partial charge in [-0.05, 0) is 36.2 Å². The molecule has 27 heavy (non-hydrogen) atoms. The highest BCUT2D eigenvalue weighted by Crippen LogP contribution is 2.17. The number of hydrogen-bond acceptors (Lipinski definition) is 4. The van der Waals surface area contributed by atoms with Crippen molar-refractivity contribution in [2.75, 3.05) is 11.6 Å². The van der Waals surface area contributed by atoms with Gasteiger partial charge in [0.05, 0.1) is 4.90 Å². The maximum absolute atomic E-state index is 12.8. The van der Waals surface area contributed by atoms with Crippen molar-refractivity contribution in [3.63, 3.8) is 0 Å². The van der Waals surface area contributed by atoms with E-state index in [0.717, 1.165) is 6.26 Å². The number of amides is 2. The van der Waals surface area contributed by atoms with E-state index in [1.165, 1.54) is 12.1 Å². The molecule has 0 radical (unpaired) electrons. The zero-order valence-corrected chi connectivity index (χ0v) is 16.4. The van der Waals surface area contributed by atoms with Gasteiger partial charge in [-0.25, -0.2) is 8.42 Å². The van der Waals surface area contributed by atoms with Gasteiger partial charge in [-0.3, -0.25) is 9.59 Å². The largest absolute Gasteiger partial charge is 0.340 e. The van der Waals surface area contributed by atoms with Crippen LogP contribution in [0.1, 0.15) is 30.6 Å². The molecule has 2 aromatic rings. The van der Waals surface area contributed by atoms with Crippen molar-refractivity contribution in [1.82, 2.24) is 5.32 Å². The summed E-state index contributed by atoms with van der Waals surface area (Å²) in [7, 11) is -3.38. The van der Waals surface area contributed by atoms with Gasteiger partial charge in [0, 0.05) is 17.5 Å². The molecule has 2 aromatic carbocycles. The highest BCUT2D eigenvalue weighted by atomic mass is 32.2. The minimum Gasteiger partial charge on any atom is -0.340 e. The third-order valence-corrected chi connectivity index (χ3v) is 5.46. The lowest BCUT2D eigenvalue weighted by molar-refractivity contribution is -0.119. The van der Waals surface area contributed by atoms with Gasteiger partial charge in [0.15, 0.2) is 9.84 Å². The third-order valence-electron chi connectivity index (χ3n) is 4.35. The van der Waals surface area contributed by atoms with Gasteiger partial charge in [-0.15, -0.1) is 0 Å². The van der Waals surface area contributed by atoms with E-state index >= 15 is 0 Å². The first kappa shape index (κ1) is 20.6. The summed E-state index contributed by atoms with van der Waals surface area (Å²) in [5.41, 5.74) is 0.836. The molecular formula is C20H24N2O4S. The summed E-state index contributed by atoms with van der Waals surface area (Å²) in [6.45, 7) is 3.81. The lowest BCUT2D eigenvalue weighted by Gasteiger charge is -2.23. The molecule has 7 heteroatoms. The third kappa shape index (κ3) is 5.65. The number of anilines is 1. The topological polar surface area (TPSA) is 92.3 Å². The van der Waals surface area contributed by atoms with Crippen LogP contribution in [0.25, 0.3) is 0 Å². The average molecular weight is 388 g/mol. The molecular weight excluding hydrogens is 364 g/mol. The second-order valence-electron chi connectivity index (χ2n) is 6.49. The Morgan fingerprint density at radius 1 is 1.04 bits per heavy atom. The van der Waals surface area contributed by atoms with Crippen molar-refractivity contribution < 1.29 is 18.0 Å². The van der Waals surface area contributed by atoms with E-state index in [1.807, 2.05) is 19.9 Å². The number of sulfone groups is 1. The summed E-state index contributed by atoms with van der Waals surface area (Å²) >= 11 is 0. The van der Waals surface area contributed by atoms with Gasteiger partial charge in [-0.1, -0.05) is 44.5 Å². The Morgan fingerprint density at radius 3 is 2.30 bits per heavy atom. The fourth-order valence-electron chi connectivity index (χ4n) is 2.54. The number of carbonyl (C=O) groups is 2. The van der Waals surface area contributed by atoms with Crippen molar-refractivity contribution in [1.29, 1.82) is 0 Å². The maximum Gasteiger partial charge on any atom is 0.251 e. The average Bonchev–Trinajstić information content (AvgIpc) is 2.65. The molecule has 0 aliphatic heterocycles. The molecule has 2 rings (SSSR count). The van der Waals surface area contributed by atoms with Crippen molar-refractivity contribution in [3.05, 3.63) is 60.2 Å². The second kappa shape index (κ2) is 8.81. The van der Waals surface area contributed by atoms with E-state index in [0.29, 0.717) is 17.7 Å². The van der Waals surface area contributed by atoms with Crippen LogP contribution in [0, 0.1) is 5.92 Å². The molecule has 2 atom stereocenters. The molecule has 0 spiro atoms. The molecule has 0 bridgehead atoms. The molecule has 144 valence electrons. The van der Waals surface area contributed by atoms with Crippen LogP contribution in [0.2, 0.25) is 0 Å². The lowest BCUT2D eigenvalue weighted by atomic mass is 9.97. The molecule has 0 heterocycles. The van der Waals surface area contributed by atoms with Crippen LogP contribution in [0.4, 0.5) is 5.69 Å². The summed E-state index contributed by atoms with van der Waals surface area (Å²) in [6.07, 6.45) is 1.80. The van der Waals surface area contributed by atoms with Gasteiger partial charge in [-0.2, -0.15) is 0 Å². The normalized spacial score (nSPS) is 13.4. The highest BCUT2D eigenvalue weighted by Gasteiger charge is 2.26. The first-order chi connectivity index (χ1) is 12.7. The summed E-state index contributed by atoms with van der Waals surface area (Å²) in [4.78, 5) is 25.3. The minimum atomic E-state index is -3.38. The maximum atomic E-state index is 12.8. The molecule has 0 aliphatic carbocycles. The highest BCUT2D eigenvalue weighted by molar-refractivity contribution is 7.90. The number of nitrogens with one attached hydrogen (secondary N) is 2. The van der Waals surface area contributed by atoms with Crippen molar-refractivity contribution in [2.24, 2.45) is 5.92 Å². The quantitative estimate of drug-likeness (QED) is 0.763. The van der Waals surface area contributed by atoms with Crippen LogP contribution >= 0.6 is 0 Å². The smallest absolute Gasteiger partial charge is 0.251 e. The van der Waals surface area contributed by atoms with E-state index in [9.17, 15) is 18.0 Å². The zero-order chi connectivity index (χ0) is 20.0. The van der Waals surface area contributed by atoms with E-state index in [4.69, 9.17) is 0 Å². The van der Waals surface area contributed by atoms with Gasteiger partial charge in [0.1, 0.15) is 6.04 Å². The molecule has 2 amide bonds. The number of rotatable bonds is 7. The van der Waals surface area contributed by atoms with E-state index in [2.05, 4.69) is 10.6 Å². The first-order valence-corrected chi connectivity index (χ1v) is 10.6. The molecule has 0 aromatic heterocycles. The lowest BCUT2D eigenvalue weighted by Crippen LogP contribution is -2.47. The molecule has 0 aliphatic rings. The summed E-state index contributed by atoms with van der Waals surface area (Å²) in [5, 5.41) is 5.49. The fraction of sp³-hybridized carbons (Fsp3) is 0.300. The van der Waals surface area contributed by atoms with Gasteiger partial charge < -0.3 is 10.6 Å². The Kier molecular flexibility index (Phi) is 6.74. The first-order valence-electron chi connectivity index (χ1n) is 8.69. The number of benzene rings is 2. The number of hydrogen-bond donors (Lipinski definition) is 2.